The molecule has 3 heterocycles. The van der Waals surface area contributed by atoms with Crippen LogP contribution in [0.2, 0.25) is 0 Å². The van der Waals surface area contributed by atoms with Gasteiger partial charge in [-0.05, 0) is 18.9 Å². The van der Waals surface area contributed by atoms with Crippen LogP contribution in [0.15, 0.2) is 30.5 Å². The average Bonchev–Trinajstić information content (AvgIpc) is 3.30. The van der Waals surface area contributed by atoms with Crippen LogP contribution in [0, 0.1) is 0 Å². The number of aromatic amines is 1. The molecule has 1 atom stereocenters. The molecule has 0 aliphatic carbocycles. The largest absolute Gasteiger partial charge is 0.368 e. The topological polar surface area (TPSA) is 65.6 Å². The molecular weight excluding hydrogens is 306 g/mol. The molecule has 2 saturated heterocycles. The second-order valence-electron chi connectivity index (χ2n) is 6.37. The van der Waals surface area contributed by atoms with Crippen LogP contribution in [-0.2, 0) is 9.53 Å². The van der Waals surface area contributed by atoms with E-state index in [4.69, 9.17) is 4.74 Å². The van der Waals surface area contributed by atoms with E-state index in [0.29, 0.717) is 38.3 Å². The molecule has 1 aromatic carbocycles. The van der Waals surface area contributed by atoms with Gasteiger partial charge in [-0.15, -0.1) is 0 Å². The summed E-state index contributed by atoms with van der Waals surface area (Å²) in [5, 5.41) is 0.945. The standard InChI is InChI=1S/C18H21N3O3/c22-17(14-12-19-15-5-2-1-4-13(14)15)20-7-9-21(10-8-20)18(23)16-6-3-11-24-16/h1-2,4-5,12,16,19H,3,6-11H2. The van der Waals surface area contributed by atoms with Gasteiger partial charge in [0.15, 0.2) is 0 Å². The Bertz CT molecular complexity index is 756. The fraction of sp³-hybridized carbons (Fsp3) is 0.444. The van der Waals surface area contributed by atoms with Crippen molar-refractivity contribution in [2.24, 2.45) is 0 Å². The first-order valence-corrected chi connectivity index (χ1v) is 8.50. The van der Waals surface area contributed by atoms with Gasteiger partial charge in [0.1, 0.15) is 6.10 Å². The molecule has 1 N–H and O–H groups in total. The lowest BCUT2D eigenvalue weighted by Gasteiger charge is -2.35. The number of ether oxygens (including phenoxy) is 1. The number of hydrogen-bond acceptors (Lipinski definition) is 3. The number of hydrogen-bond donors (Lipinski definition) is 1. The van der Waals surface area contributed by atoms with Gasteiger partial charge in [-0.1, -0.05) is 18.2 Å². The summed E-state index contributed by atoms with van der Waals surface area (Å²) in [7, 11) is 0. The minimum absolute atomic E-state index is 0.0247. The van der Waals surface area contributed by atoms with E-state index >= 15 is 0 Å². The first-order valence-electron chi connectivity index (χ1n) is 8.50. The Balaban J connectivity index is 1.42. The second-order valence-corrected chi connectivity index (χ2v) is 6.37. The summed E-state index contributed by atoms with van der Waals surface area (Å²) in [5.41, 5.74) is 1.66. The van der Waals surface area contributed by atoms with Gasteiger partial charge in [-0.3, -0.25) is 9.59 Å². The summed E-state index contributed by atoms with van der Waals surface area (Å²) < 4.78 is 5.47. The van der Waals surface area contributed by atoms with Crippen LogP contribution in [0.4, 0.5) is 0 Å². The zero-order chi connectivity index (χ0) is 16.5. The molecule has 0 bridgehead atoms. The fourth-order valence-electron chi connectivity index (χ4n) is 3.52. The maximum absolute atomic E-state index is 12.8. The number of benzene rings is 1. The molecule has 6 nitrogen and oxygen atoms in total. The number of H-pyrrole nitrogens is 1. The van der Waals surface area contributed by atoms with Crippen molar-refractivity contribution in [1.29, 1.82) is 0 Å². The van der Waals surface area contributed by atoms with Crippen molar-refractivity contribution >= 4 is 22.7 Å². The minimum atomic E-state index is -0.277. The average molecular weight is 327 g/mol. The zero-order valence-electron chi connectivity index (χ0n) is 13.5. The van der Waals surface area contributed by atoms with Crippen LogP contribution < -0.4 is 0 Å². The maximum Gasteiger partial charge on any atom is 0.256 e. The van der Waals surface area contributed by atoms with Gasteiger partial charge in [0.2, 0.25) is 0 Å². The molecule has 4 rings (SSSR count). The van der Waals surface area contributed by atoms with Gasteiger partial charge in [0.25, 0.3) is 11.8 Å². The van der Waals surface area contributed by atoms with Crippen LogP contribution in [0.1, 0.15) is 23.2 Å². The lowest BCUT2D eigenvalue weighted by atomic mass is 10.1. The second kappa shape index (κ2) is 6.28. The number of carbonyl (C=O) groups excluding carboxylic acids is 2. The predicted octanol–water partition coefficient (Wildman–Crippen LogP) is 1.63. The molecule has 2 fully saturated rings. The van der Waals surface area contributed by atoms with Gasteiger partial charge in [-0.25, -0.2) is 0 Å². The molecule has 6 heteroatoms. The highest BCUT2D eigenvalue weighted by molar-refractivity contribution is 6.06. The first kappa shape index (κ1) is 15.2. The molecule has 2 aliphatic heterocycles. The number of nitrogens with zero attached hydrogens (tertiary/aromatic N) is 2. The Morgan fingerprint density at radius 3 is 2.58 bits per heavy atom. The Hall–Kier alpha value is -2.34. The summed E-state index contributed by atoms with van der Waals surface area (Å²) in [6, 6.07) is 7.80. The highest BCUT2D eigenvalue weighted by Gasteiger charge is 2.31. The third-order valence-electron chi connectivity index (χ3n) is 4.90. The molecule has 1 unspecified atom stereocenters. The third-order valence-corrected chi connectivity index (χ3v) is 4.90. The Morgan fingerprint density at radius 1 is 1.08 bits per heavy atom. The number of fused-ring (bicyclic) bond motifs is 1. The van der Waals surface area contributed by atoms with E-state index in [0.717, 1.165) is 23.7 Å². The van der Waals surface area contributed by atoms with Crippen LogP contribution in [0.5, 0.6) is 0 Å². The normalized spacial score (nSPS) is 21.4. The van der Waals surface area contributed by atoms with Gasteiger partial charge in [0, 0.05) is 49.9 Å². The fourth-order valence-corrected chi connectivity index (χ4v) is 3.52. The number of rotatable bonds is 2. The van der Waals surface area contributed by atoms with E-state index in [2.05, 4.69) is 4.98 Å². The van der Waals surface area contributed by atoms with Crippen LogP contribution in [0.3, 0.4) is 0 Å². The van der Waals surface area contributed by atoms with Crippen molar-refractivity contribution in [1.82, 2.24) is 14.8 Å². The predicted molar refractivity (Wildman–Crippen MR) is 89.8 cm³/mol. The van der Waals surface area contributed by atoms with Gasteiger partial charge in [-0.2, -0.15) is 0 Å². The van der Waals surface area contributed by atoms with E-state index < -0.39 is 0 Å². The zero-order valence-corrected chi connectivity index (χ0v) is 13.5. The molecule has 1 aromatic heterocycles. The van der Waals surface area contributed by atoms with Crippen molar-refractivity contribution in [3.8, 4) is 0 Å². The van der Waals surface area contributed by atoms with Gasteiger partial charge in [0.05, 0.1) is 5.56 Å². The number of nitrogens with one attached hydrogen (secondary N) is 1. The summed E-state index contributed by atoms with van der Waals surface area (Å²) >= 11 is 0. The molecule has 2 amide bonds. The Labute approximate surface area is 140 Å². The number of piperazine rings is 1. The van der Waals surface area contributed by atoms with Crippen molar-refractivity contribution in [2.45, 2.75) is 18.9 Å². The van der Waals surface area contributed by atoms with E-state index in [9.17, 15) is 9.59 Å². The lowest BCUT2D eigenvalue weighted by molar-refractivity contribution is -0.142. The van der Waals surface area contributed by atoms with Crippen LogP contribution in [-0.4, -0.2) is 65.5 Å². The number of amides is 2. The van der Waals surface area contributed by atoms with Crippen LogP contribution >= 0.6 is 0 Å². The van der Waals surface area contributed by atoms with Crippen LogP contribution in [0.25, 0.3) is 10.9 Å². The summed E-state index contributed by atoms with van der Waals surface area (Å²) in [6.45, 7) is 2.96. The SMILES string of the molecule is O=C(c1c[nH]c2ccccc12)N1CCN(C(=O)C2CCCO2)CC1. The molecule has 2 aromatic rings. The van der Waals surface area contributed by atoms with Crippen molar-refractivity contribution in [3.63, 3.8) is 0 Å². The van der Waals surface area contributed by atoms with E-state index in [1.165, 1.54) is 0 Å². The summed E-state index contributed by atoms with van der Waals surface area (Å²) in [4.78, 5) is 32.0. The van der Waals surface area contributed by atoms with E-state index in [-0.39, 0.29) is 17.9 Å². The van der Waals surface area contributed by atoms with Gasteiger partial charge >= 0.3 is 0 Å². The number of para-hydroxylation sites is 1. The smallest absolute Gasteiger partial charge is 0.256 e. The molecule has 2 aliphatic rings. The molecule has 0 saturated carbocycles. The van der Waals surface area contributed by atoms with Gasteiger partial charge < -0.3 is 19.5 Å². The third kappa shape index (κ3) is 2.67. The highest BCUT2D eigenvalue weighted by Crippen LogP contribution is 2.21. The van der Waals surface area contributed by atoms with Crippen molar-refractivity contribution in [3.05, 3.63) is 36.0 Å². The number of aromatic nitrogens is 1. The highest BCUT2D eigenvalue weighted by atomic mass is 16.5. The molecule has 24 heavy (non-hydrogen) atoms. The molecule has 0 radical (unpaired) electrons. The van der Waals surface area contributed by atoms with Crippen molar-refractivity contribution in [2.75, 3.05) is 32.8 Å². The summed E-state index contributed by atoms with van der Waals surface area (Å²) in [5.74, 6) is 0.100. The first-order chi connectivity index (χ1) is 11.7. The molecule has 0 spiro atoms. The molecule has 126 valence electrons. The Morgan fingerprint density at radius 2 is 1.83 bits per heavy atom. The molecular formula is C18H21N3O3. The van der Waals surface area contributed by atoms with Crippen molar-refractivity contribution < 1.29 is 14.3 Å². The van der Waals surface area contributed by atoms with E-state index in [1.54, 1.807) is 6.20 Å². The minimum Gasteiger partial charge on any atom is -0.368 e. The lowest BCUT2D eigenvalue weighted by Crippen LogP contribution is -2.52. The quantitative estimate of drug-likeness (QED) is 0.912. The Kier molecular flexibility index (Phi) is 3.98. The number of carbonyl (C=O) groups is 2. The summed E-state index contributed by atoms with van der Waals surface area (Å²) in [6.07, 6.45) is 3.26. The maximum atomic E-state index is 12.8. The van der Waals surface area contributed by atoms with E-state index in [1.807, 2.05) is 34.1 Å². The monoisotopic (exact) mass is 327 g/mol.